The maximum absolute atomic E-state index is 13.0. The van der Waals surface area contributed by atoms with Crippen LogP contribution in [0.3, 0.4) is 0 Å². The van der Waals surface area contributed by atoms with E-state index in [1.807, 2.05) is 6.07 Å². The second-order valence-electron chi connectivity index (χ2n) is 7.97. The summed E-state index contributed by atoms with van der Waals surface area (Å²) < 4.78 is 1.87. The molecule has 2 fully saturated rings. The number of carboxylic acids is 1. The van der Waals surface area contributed by atoms with Crippen molar-refractivity contribution < 1.29 is 14.7 Å². The van der Waals surface area contributed by atoms with Gasteiger partial charge in [-0.25, -0.2) is 0 Å². The van der Waals surface area contributed by atoms with Crippen LogP contribution < -0.4 is 10.5 Å². The highest BCUT2D eigenvalue weighted by atomic mass is 32.2. The molecule has 3 rings (SSSR count). The quantitative estimate of drug-likeness (QED) is 0.453. The lowest BCUT2D eigenvalue weighted by Crippen LogP contribution is -2.48. The molecule has 176 valence electrons. The molecule has 1 N–H and O–H groups in total. The molecule has 33 heavy (non-hydrogen) atoms. The molecule has 1 amide bonds. The van der Waals surface area contributed by atoms with Crippen molar-refractivity contribution >= 4 is 52.1 Å². The van der Waals surface area contributed by atoms with Crippen molar-refractivity contribution in [3.05, 3.63) is 31.9 Å². The normalized spacial score (nSPS) is 18.3. The number of carboxylic acid groups (broad SMARTS) is 1. The summed E-state index contributed by atoms with van der Waals surface area (Å²) in [6, 6.07) is 2.01. The number of nitrogens with zero attached hydrogens (tertiary/aromatic N) is 5. The predicted molar refractivity (Wildman–Crippen MR) is 132 cm³/mol. The van der Waals surface area contributed by atoms with Gasteiger partial charge in [0.15, 0.2) is 0 Å². The van der Waals surface area contributed by atoms with Gasteiger partial charge in [0.05, 0.1) is 4.91 Å². The van der Waals surface area contributed by atoms with E-state index in [4.69, 9.17) is 17.3 Å². The zero-order valence-corrected chi connectivity index (χ0v) is 20.6. The number of rotatable bonds is 7. The van der Waals surface area contributed by atoms with Gasteiger partial charge in [0.1, 0.15) is 21.8 Å². The molecule has 2 saturated heterocycles. The van der Waals surface area contributed by atoms with Gasteiger partial charge in [0, 0.05) is 51.8 Å². The average Bonchev–Trinajstić information content (AvgIpc) is 3.05. The molecule has 0 radical (unpaired) electrons. The van der Waals surface area contributed by atoms with Crippen LogP contribution in [0.15, 0.2) is 9.70 Å². The number of amides is 1. The molecular formula is C22H27N5O4S2. The first-order valence-corrected chi connectivity index (χ1v) is 12.0. The second kappa shape index (κ2) is 10.5. The number of carbonyl (C=O) groups excluding carboxylic acids is 1. The third kappa shape index (κ3) is 5.13. The van der Waals surface area contributed by atoms with Gasteiger partial charge < -0.3 is 14.9 Å². The zero-order chi connectivity index (χ0) is 24.3. The first-order valence-electron chi connectivity index (χ1n) is 10.8. The highest BCUT2D eigenvalue weighted by Gasteiger charge is 2.33. The van der Waals surface area contributed by atoms with Gasteiger partial charge in [-0.1, -0.05) is 30.9 Å². The smallest absolute Gasteiger partial charge is 0.303 e. The van der Waals surface area contributed by atoms with E-state index in [-0.39, 0.29) is 30.0 Å². The van der Waals surface area contributed by atoms with Crippen molar-refractivity contribution in [2.45, 2.75) is 26.7 Å². The number of hydrogen-bond acceptors (Lipinski definition) is 8. The SMILES string of the molecule is CCN1CCN(c2c(/C=C3/SC(=S)N(CCCC(=O)O)C3=O)c(C)c(C#N)c(=O)n2C)CC1. The molecule has 0 unspecified atom stereocenters. The number of hydrogen-bond donors (Lipinski definition) is 1. The molecule has 0 bridgehead atoms. The lowest BCUT2D eigenvalue weighted by Gasteiger charge is -2.37. The minimum absolute atomic E-state index is 0.0462. The molecule has 0 aliphatic carbocycles. The molecule has 0 spiro atoms. The molecule has 2 aliphatic heterocycles. The standard InChI is InChI=1S/C22H27N5O4S2/c1-4-25-8-10-26(11-9-25)19-15(14(2)16(13-23)20(30)24(19)3)12-17-21(31)27(22(32)33-17)7-5-6-18(28)29/h12H,4-11H2,1-3H3,(H,28,29)/b17-12+. The molecule has 1 aromatic rings. The van der Waals surface area contributed by atoms with Crippen LogP contribution in [0.1, 0.15) is 36.5 Å². The monoisotopic (exact) mass is 489 g/mol. The van der Waals surface area contributed by atoms with Crippen LogP contribution in [-0.2, 0) is 16.6 Å². The lowest BCUT2D eigenvalue weighted by atomic mass is 10.0. The molecule has 0 atom stereocenters. The van der Waals surface area contributed by atoms with Crippen LogP contribution >= 0.6 is 24.0 Å². The Morgan fingerprint density at radius 3 is 2.52 bits per heavy atom. The number of thioether (sulfide) groups is 1. The third-order valence-electron chi connectivity index (χ3n) is 6.01. The summed E-state index contributed by atoms with van der Waals surface area (Å²) in [4.78, 5) is 43.0. The second-order valence-corrected chi connectivity index (χ2v) is 9.64. The summed E-state index contributed by atoms with van der Waals surface area (Å²) in [5, 5.41) is 18.5. The summed E-state index contributed by atoms with van der Waals surface area (Å²) in [6.45, 7) is 8.19. The van der Waals surface area contributed by atoms with E-state index >= 15 is 0 Å². The van der Waals surface area contributed by atoms with Gasteiger partial charge in [-0.05, 0) is 31.5 Å². The largest absolute Gasteiger partial charge is 0.481 e. The number of likely N-dealkylation sites (N-methyl/N-ethyl adjacent to an activating group) is 1. The molecule has 11 heteroatoms. The molecule has 1 aromatic heterocycles. The number of thiocarbonyl (C=S) groups is 1. The number of pyridine rings is 1. The fourth-order valence-electron chi connectivity index (χ4n) is 4.08. The van der Waals surface area contributed by atoms with E-state index < -0.39 is 5.97 Å². The van der Waals surface area contributed by atoms with E-state index in [2.05, 4.69) is 16.7 Å². The van der Waals surface area contributed by atoms with Crippen LogP contribution in [-0.4, -0.2) is 74.9 Å². The predicted octanol–water partition coefficient (Wildman–Crippen LogP) is 1.77. The summed E-state index contributed by atoms with van der Waals surface area (Å²) in [6.07, 6.45) is 1.97. The van der Waals surface area contributed by atoms with E-state index in [0.717, 1.165) is 44.5 Å². The Kier molecular flexibility index (Phi) is 7.94. The van der Waals surface area contributed by atoms with Crippen molar-refractivity contribution in [3.8, 4) is 6.07 Å². The van der Waals surface area contributed by atoms with Gasteiger partial charge in [-0.2, -0.15) is 5.26 Å². The molecule has 2 aliphatic rings. The Labute approximate surface area is 202 Å². The molecule has 9 nitrogen and oxygen atoms in total. The number of carbonyl (C=O) groups is 2. The molecular weight excluding hydrogens is 462 g/mol. The maximum atomic E-state index is 13.0. The number of piperazine rings is 1. The Balaban J connectivity index is 2.02. The Bertz CT molecular complexity index is 1110. The summed E-state index contributed by atoms with van der Waals surface area (Å²) in [7, 11) is 1.65. The third-order valence-corrected chi connectivity index (χ3v) is 7.39. The fourth-order valence-corrected chi connectivity index (χ4v) is 5.37. The van der Waals surface area contributed by atoms with Gasteiger partial charge in [-0.3, -0.25) is 23.9 Å². The van der Waals surface area contributed by atoms with E-state index in [0.29, 0.717) is 32.6 Å². The zero-order valence-electron chi connectivity index (χ0n) is 19.0. The van der Waals surface area contributed by atoms with Gasteiger partial charge >= 0.3 is 5.97 Å². The first kappa shape index (κ1) is 25.0. The van der Waals surface area contributed by atoms with Crippen LogP contribution in [0.4, 0.5) is 5.82 Å². The van der Waals surface area contributed by atoms with Crippen LogP contribution in [0.5, 0.6) is 0 Å². The minimum Gasteiger partial charge on any atom is -0.481 e. The van der Waals surface area contributed by atoms with Crippen LogP contribution in [0.2, 0.25) is 0 Å². The van der Waals surface area contributed by atoms with Crippen molar-refractivity contribution in [2.24, 2.45) is 7.05 Å². The van der Waals surface area contributed by atoms with E-state index in [1.54, 1.807) is 20.0 Å². The van der Waals surface area contributed by atoms with Crippen molar-refractivity contribution in [3.63, 3.8) is 0 Å². The highest BCUT2D eigenvalue weighted by molar-refractivity contribution is 8.26. The topological polar surface area (TPSA) is 110 Å². The van der Waals surface area contributed by atoms with Crippen molar-refractivity contribution in [1.29, 1.82) is 5.26 Å². The van der Waals surface area contributed by atoms with Gasteiger partial charge in [0.2, 0.25) is 0 Å². The molecule has 3 heterocycles. The maximum Gasteiger partial charge on any atom is 0.303 e. The summed E-state index contributed by atoms with van der Waals surface area (Å²) >= 11 is 6.51. The van der Waals surface area contributed by atoms with Crippen LogP contribution in [0, 0.1) is 18.3 Å². The Morgan fingerprint density at radius 1 is 1.27 bits per heavy atom. The molecule has 0 aromatic carbocycles. The number of anilines is 1. The Morgan fingerprint density at radius 2 is 1.94 bits per heavy atom. The van der Waals surface area contributed by atoms with Crippen molar-refractivity contribution in [2.75, 3.05) is 44.2 Å². The average molecular weight is 490 g/mol. The van der Waals surface area contributed by atoms with Crippen molar-refractivity contribution in [1.82, 2.24) is 14.4 Å². The van der Waals surface area contributed by atoms with E-state index in [9.17, 15) is 19.6 Å². The van der Waals surface area contributed by atoms with Gasteiger partial charge in [0.25, 0.3) is 11.5 Å². The summed E-state index contributed by atoms with van der Waals surface area (Å²) in [5.41, 5.74) is 0.882. The Hall–Kier alpha value is -2.68. The van der Waals surface area contributed by atoms with E-state index in [1.165, 1.54) is 9.47 Å². The number of nitriles is 1. The van der Waals surface area contributed by atoms with Gasteiger partial charge in [-0.15, -0.1) is 0 Å². The molecule has 0 saturated carbocycles. The number of aliphatic carboxylic acids is 1. The fraction of sp³-hybridized carbons (Fsp3) is 0.500. The number of aromatic nitrogens is 1. The highest BCUT2D eigenvalue weighted by Crippen LogP contribution is 2.36. The first-order chi connectivity index (χ1) is 15.7. The lowest BCUT2D eigenvalue weighted by molar-refractivity contribution is -0.137. The van der Waals surface area contributed by atoms with Crippen LogP contribution in [0.25, 0.3) is 6.08 Å². The summed E-state index contributed by atoms with van der Waals surface area (Å²) in [5.74, 6) is -0.527. The minimum atomic E-state index is -0.923.